The number of likely N-dealkylation sites (tertiary alicyclic amines) is 1. The number of fused-ring (bicyclic) bond motifs is 1. The van der Waals surface area contributed by atoms with Gasteiger partial charge in [0, 0.05) is 19.7 Å². The van der Waals surface area contributed by atoms with Crippen molar-refractivity contribution in [3.8, 4) is 0 Å². The molecule has 4 saturated carbocycles. The zero-order valence-corrected chi connectivity index (χ0v) is 33.9. The van der Waals surface area contributed by atoms with Crippen molar-refractivity contribution in [2.45, 2.75) is 166 Å². The number of amides is 5. The van der Waals surface area contributed by atoms with Gasteiger partial charge in [0.1, 0.15) is 12.1 Å². The van der Waals surface area contributed by atoms with Crippen LogP contribution in [0, 0.1) is 22.7 Å². The number of hydrogen-bond donors (Lipinski definition) is 4. The molecule has 5 aliphatic rings. The number of nitrogens with one attached hydrogen (secondary N) is 4. The van der Waals surface area contributed by atoms with Gasteiger partial charge >= 0.3 is 6.03 Å². The third kappa shape index (κ3) is 8.89. The van der Waals surface area contributed by atoms with Crippen molar-refractivity contribution in [3.63, 3.8) is 0 Å². The molecule has 1 aliphatic heterocycles. The Morgan fingerprint density at radius 1 is 0.906 bits per heavy atom. The van der Waals surface area contributed by atoms with Crippen LogP contribution in [-0.4, -0.2) is 103 Å². The molecule has 0 bridgehead atoms. The number of urea groups is 1. The van der Waals surface area contributed by atoms with Crippen LogP contribution in [0.25, 0.3) is 0 Å². The molecule has 5 amide bonds. The summed E-state index contributed by atoms with van der Waals surface area (Å²) in [5.74, 6) is -2.47. The minimum absolute atomic E-state index is 0.00285. The molecule has 300 valence electrons. The lowest BCUT2D eigenvalue weighted by molar-refractivity contribution is -0.146. The zero-order chi connectivity index (χ0) is 39.0. The van der Waals surface area contributed by atoms with Gasteiger partial charge in [0.05, 0.1) is 28.7 Å². The summed E-state index contributed by atoms with van der Waals surface area (Å²) in [5.41, 5.74) is -1.79. The number of ketones is 1. The van der Waals surface area contributed by atoms with Gasteiger partial charge in [-0.1, -0.05) is 72.6 Å². The lowest BCUT2D eigenvalue weighted by atomic mass is 9.70. The van der Waals surface area contributed by atoms with Gasteiger partial charge in [-0.25, -0.2) is 13.2 Å². The van der Waals surface area contributed by atoms with Crippen LogP contribution in [0.1, 0.15) is 131 Å². The molecule has 0 radical (unpaired) electrons. The maximum absolute atomic E-state index is 14.9. The van der Waals surface area contributed by atoms with Gasteiger partial charge in [-0.15, -0.1) is 0 Å². The Morgan fingerprint density at radius 2 is 1.51 bits per heavy atom. The summed E-state index contributed by atoms with van der Waals surface area (Å²) in [5, 5.41) is 11.7. The molecule has 5 atom stereocenters. The van der Waals surface area contributed by atoms with E-state index in [0.717, 1.165) is 51.4 Å². The molecular weight excluding hydrogens is 699 g/mol. The van der Waals surface area contributed by atoms with E-state index in [9.17, 15) is 32.4 Å². The molecule has 0 aromatic rings. The van der Waals surface area contributed by atoms with Gasteiger partial charge in [0.25, 0.3) is 5.91 Å². The molecule has 1 saturated heterocycles. The Morgan fingerprint density at radius 3 is 2.08 bits per heavy atom. The standard InChI is InChI=1S/C39H65N5O8S/c1-8-15-27(30(45)33(47)40-25-16-17-25)41-32(46)29-28-26(37(28,4)5)22-44(29)34(48)31(38(6)18-11-9-12-19-38)42-35(49)43-39(20-13-10-14-21-39)24-53(50,51)36(2,3)23-52-7/h25-29,31H,8-24H2,1-7H3,(H,40,47)(H,41,46)(H2,42,43,49)/t26-,27?,28-,29-,31+/m0/s1. The van der Waals surface area contributed by atoms with Crippen LogP contribution < -0.4 is 21.3 Å². The van der Waals surface area contributed by atoms with E-state index in [0.29, 0.717) is 45.1 Å². The van der Waals surface area contributed by atoms with Gasteiger partial charge in [-0.2, -0.15) is 0 Å². The normalized spacial score (nSPS) is 27.1. The average Bonchev–Trinajstić information content (AvgIpc) is 3.94. The van der Waals surface area contributed by atoms with Gasteiger partial charge < -0.3 is 30.9 Å². The second kappa shape index (κ2) is 15.8. The van der Waals surface area contributed by atoms with Crippen molar-refractivity contribution in [2.24, 2.45) is 22.7 Å². The number of Topliss-reactive ketones (excluding diaryl/α,β-unsaturated/α-hetero) is 1. The maximum atomic E-state index is 14.9. The van der Waals surface area contributed by atoms with Gasteiger partial charge in [0.15, 0.2) is 9.84 Å². The summed E-state index contributed by atoms with van der Waals surface area (Å²) in [4.78, 5) is 70.9. The quantitative estimate of drug-likeness (QED) is 0.172. The largest absolute Gasteiger partial charge is 0.383 e. The van der Waals surface area contributed by atoms with Gasteiger partial charge in [-0.05, 0) is 81.5 Å². The average molecular weight is 764 g/mol. The van der Waals surface area contributed by atoms with E-state index in [2.05, 4.69) is 35.1 Å². The minimum atomic E-state index is -3.71. The van der Waals surface area contributed by atoms with Crippen LogP contribution in [0.4, 0.5) is 4.79 Å². The van der Waals surface area contributed by atoms with E-state index in [-0.39, 0.29) is 41.6 Å². The number of carbonyl (C=O) groups is 5. The molecular formula is C39H65N5O8S. The smallest absolute Gasteiger partial charge is 0.315 e. The van der Waals surface area contributed by atoms with E-state index in [4.69, 9.17) is 4.74 Å². The van der Waals surface area contributed by atoms with Crippen molar-refractivity contribution in [3.05, 3.63) is 0 Å². The first kappa shape index (κ1) is 41.4. The third-order valence-corrected chi connectivity index (χ3v) is 16.0. The summed E-state index contributed by atoms with van der Waals surface area (Å²) in [6.07, 6.45) is 10.3. The molecule has 14 heteroatoms. The number of rotatable bonds is 16. The van der Waals surface area contributed by atoms with E-state index >= 15 is 0 Å². The lowest BCUT2D eigenvalue weighted by Crippen LogP contribution is -2.65. The number of carbonyl (C=O) groups excluding carboxylic acids is 5. The lowest BCUT2D eigenvalue weighted by Gasteiger charge is -2.44. The second-order valence-electron chi connectivity index (χ2n) is 18.4. The van der Waals surface area contributed by atoms with Crippen molar-refractivity contribution >= 4 is 39.4 Å². The number of nitrogens with zero attached hydrogens (tertiary/aromatic N) is 1. The van der Waals surface area contributed by atoms with E-state index in [1.807, 2.05) is 13.8 Å². The highest BCUT2D eigenvalue weighted by atomic mass is 32.2. The number of methoxy groups -OCH3 is 1. The molecule has 4 aliphatic carbocycles. The van der Waals surface area contributed by atoms with Crippen molar-refractivity contribution in [2.75, 3.05) is 26.0 Å². The van der Waals surface area contributed by atoms with E-state index < -0.39 is 67.3 Å². The second-order valence-corrected chi connectivity index (χ2v) is 21.0. The highest BCUT2D eigenvalue weighted by molar-refractivity contribution is 7.92. The highest BCUT2D eigenvalue weighted by Crippen LogP contribution is 2.65. The first-order valence-electron chi connectivity index (χ1n) is 20.1. The Labute approximate surface area is 316 Å². The summed E-state index contributed by atoms with van der Waals surface area (Å²) >= 11 is 0. The fourth-order valence-electron chi connectivity index (χ4n) is 9.56. The molecule has 0 aromatic heterocycles. The van der Waals surface area contributed by atoms with Crippen LogP contribution in [0.15, 0.2) is 0 Å². The third-order valence-electron chi connectivity index (χ3n) is 13.3. The van der Waals surface area contributed by atoms with Crippen molar-refractivity contribution < 1.29 is 37.1 Å². The number of ether oxygens (including phenoxy) is 1. The van der Waals surface area contributed by atoms with Crippen LogP contribution in [0.2, 0.25) is 0 Å². The monoisotopic (exact) mass is 763 g/mol. The zero-order valence-electron chi connectivity index (χ0n) is 33.1. The predicted molar refractivity (Wildman–Crippen MR) is 201 cm³/mol. The van der Waals surface area contributed by atoms with E-state index in [1.165, 1.54) is 7.11 Å². The van der Waals surface area contributed by atoms with E-state index in [1.54, 1.807) is 18.7 Å². The van der Waals surface area contributed by atoms with Crippen molar-refractivity contribution in [1.82, 2.24) is 26.2 Å². The Kier molecular flexibility index (Phi) is 12.3. The summed E-state index contributed by atoms with van der Waals surface area (Å²) in [6.45, 7) is 11.7. The molecule has 1 heterocycles. The molecule has 4 N–H and O–H groups in total. The Balaban J connectivity index is 1.39. The fourth-order valence-corrected chi connectivity index (χ4v) is 11.3. The Bertz CT molecular complexity index is 1510. The van der Waals surface area contributed by atoms with Crippen LogP contribution in [-0.2, 0) is 33.8 Å². The first-order chi connectivity index (χ1) is 24.8. The fraction of sp³-hybridized carbons (Fsp3) is 0.872. The molecule has 5 fully saturated rings. The maximum Gasteiger partial charge on any atom is 0.315 e. The van der Waals surface area contributed by atoms with Gasteiger partial charge in [-0.3, -0.25) is 19.2 Å². The molecule has 1 unspecified atom stereocenters. The molecule has 53 heavy (non-hydrogen) atoms. The van der Waals surface area contributed by atoms with Crippen LogP contribution in [0.5, 0.6) is 0 Å². The summed E-state index contributed by atoms with van der Waals surface area (Å²) in [7, 11) is -2.24. The summed E-state index contributed by atoms with van der Waals surface area (Å²) in [6, 6.07) is -3.41. The SMILES string of the molecule is CCCC(NC(=O)[C@@H]1[C@@H]2[C@H](CN1C(=O)[C@@H](NC(=O)NC1(CS(=O)(=O)C(C)(C)COC)CCCCC1)C1(C)CCCCC1)C2(C)C)C(=O)C(=O)NC1CC1. The molecule has 0 aromatic carbocycles. The van der Waals surface area contributed by atoms with Crippen molar-refractivity contribution in [1.29, 1.82) is 0 Å². The van der Waals surface area contributed by atoms with Crippen LogP contribution in [0.3, 0.4) is 0 Å². The van der Waals surface area contributed by atoms with Crippen LogP contribution >= 0.6 is 0 Å². The molecule has 0 spiro atoms. The topological polar surface area (TPSA) is 180 Å². The minimum Gasteiger partial charge on any atom is -0.383 e. The number of piperidine rings is 1. The number of hydrogen-bond acceptors (Lipinski definition) is 8. The predicted octanol–water partition coefficient (Wildman–Crippen LogP) is 3.78. The number of sulfone groups is 1. The first-order valence-corrected chi connectivity index (χ1v) is 21.7. The van der Waals surface area contributed by atoms with Gasteiger partial charge in [0.2, 0.25) is 17.6 Å². The molecule has 5 rings (SSSR count). The molecule has 13 nitrogen and oxygen atoms in total. The Hall–Kier alpha value is -2.74. The summed E-state index contributed by atoms with van der Waals surface area (Å²) < 4.78 is 31.6. The highest BCUT2D eigenvalue weighted by Gasteiger charge is 2.70.